The lowest BCUT2D eigenvalue weighted by molar-refractivity contribution is 0.669. The molecule has 0 bridgehead atoms. The van der Waals surface area contributed by atoms with Crippen LogP contribution in [0, 0.1) is 0 Å². The van der Waals surface area contributed by atoms with Crippen LogP contribution in [0.25, 0.3) is 77.6 Å². The normalized spacial score (nSPS) is 11.6. The van der Waals surface area contributed by atoms with Crippen LogP contribution in [-0.2, 0) is 0 Å². The summed E-state index contributed by atoms with van der Waals surface area (Å²) in [4.78, 5) is 14.8. The SMILES string of the molecule is Clc1cc(-c2nc(-c3ccccc3)nc(-c3cccc4ccccc34)n2)cc2oc3cc4ccccc4cc3c12. The van der Waals surface area contributed by atoms with Crippen LogP contribution >= 0.6 is 11.6 Å². The Kier molecular flexibility index (Phi) is 5.15. The second-order valence-corrected chi connectivity index (χ2v) is 10.2. The van der Waals surface area contributed by atoms with Gasteiger partial charge in [0.2, 0.25) is 0 Å². The lowest BCUT2D eigenvalue weighted by Crippen LogP contribution is -2.00. The molecule has 0 N–H and O–H groups in total. The molecule has 0 saturated heterocycles. The lowest BCUT2D eigenvalue weighted by Gasteiger charge is -2.10. The summed E-state index contributed by atoms with van der Waals surface area (Å²) in [6, 6.07) is 40.7. The molecular weight excluding hydrogens is 514 g/mol. The Morgan fingerprint density at radius 3 is 1.95 bits per heavy atom. The maximum atomic E-state index is 6.94. The first-order valence-corrected chi connectivity index (χ1v) is 13.4. The highest BCUT2D eigenvalue weighted by atomic mass is 35.5. The molecule has 0 atom stereocenters. The highest BCUT2D eigenvalue weighted by Crippen LogP contribution is 2.39. The highest BCUT2D eigenvalue weighted by Gasteiger charge is 2.18. The Morgan fingerprint density at radius 2 is 1.12 bits per heavy atom. The summed E-state index contributed by atoms with van der Waals surface area (Å²) < 4.78 is 6.34. The van der Waals surface area contributed by atoms with Crippen LogP contribution in [0.1, 0.15) is 0 Å². The molecule has 0 aliphatic rings. The van der Waals surface area contributed by atoms with Crippen LogP contribution in [0.15, 0.2) is 126 Å². The first-order chi connectivity index (χ1) is 19.7. The van der Waals surface area contributed by atoms with Crippen molar-refractivity contribution in [2.75, 3.05) is 0 Å². The largest absolute Gasteiger partial charge is 0.456 e. The molecule has 5 heteroatoms. The molecule has 8 aromatic rings. The molecule has 2 aromatic heterocycles. The number of halogens is 1. The monoisotopic (exact) mass is 533 g/mol. The summed E-state index contributed by atoms with van der Waals surface area (Å²) in [5.74, 6) is 1.74. The summed E-state index contributed by atoms with van der Waals surface area (Å²) >= 11 is 6.94. The zero-order chi connectivity index (χ0) is 26.6. The smallest absolute Gasteiger partial charge is 0.164 e. The van der Waals surface area contributed by atoms with Gasteiger partial charge in [0.1, 0.15) is 11.2 Å². The summed E-state index contributed by atoms with van der Waals surface area (Å²) in [5, 5.41) is 6.94. The molecule has 6 aromatic carbocycles. The van der Waals surface area contributed by atoms with Gasteiger partial charge < -0.3 is 4.42 Å². The van der Waals surface area contributed by atoms with E-state index in [9.17, 15) is 0 Å². The van der Waals surface area contributed by atoms with Crippen LogP contribution in [-0.4, -0.2) is 15.0 Å². The van der Waals surface area contributed by atoms with Gasteiger partial charge in [-0.15, -0.1) is 0 Å². The quantitative estimate of drug-likeness (QED) is 0.227. The van der Waals surface area contributed by atoms with E-state index in [-0.39, 0.29) is 0 Å². The minimum absolute atomic E-state index is 0.534. The standard InChI is InChI=1S/C35H20ClN3O/c36-29-18-25(20-31-32(29)28-17-23-12-4-5-13-24(23)19-30(28)40-31)34-37-33(22-10-2-1-3-11-22)38-35(39-34)27-16-8-14-21-9-6-7-15-26(21)27/h1-20H. The number of fused-ring (bicyclic) bond motifs is 5. The van der Waals surface area contributed by atoms with Crippen molar-refractivity contribution in [2.24, 2.45) is 0 Å². The molecular formula is C35H20ClN3O. The van der Waals surface area contributed by atoms with Crippen molar-refractivity contribution in [2.45, 2.75) is 0 Å². The Bertz CT molecular complexity index is 2230. The van der Waals surface area contributed by atoms with E-state index in [1.54, 1.807) is 0 Å². The van der Waals surface area contributed by atoms with Crippen LogP contribution in [0.2, 0.25) is 5.02 Å². The van der Waals surface area contributed by atoms with Crippen LogP contribution in [0.4, 0.5) is 0 Å². The molecule has 0 unspecified atom stereocenters. The van der Waals surface area contributed by atoms with Gasteiger partial charge in [0, 0.05) is 27.5 Å². The van der Waals surface area contributed by atoms with Crippen LogP contribution in [0.5, 0.6) is 0 Å². The van der Waals surface area contributed by atoms with Crippen molar-refractivity contribution in [3.8, 4) is 34.2 Å². The van der Waals surface area contributed by atoms with Crippen LogP contribution in [0.3, 0.4) is 0 Å². The molecule has 4 nitrogen and oxygen atoms in total. The fourth-order valence-electron chi connectivity index (χ4n) is 5.43. The lowest BCUT2D eigenvalue weighted by atomic mass is 10.0. The van der Waals surface area contributed by atoms with Gasteiger partial charge in [0.15, 0.2) is 17.5 Å². The number of hydrogen-bond donors (Lipinski definition) is 0. The third-order valence-corrected chi connectivity index (χ3v) is 7.65. The fraction of sp³-hybridized carbons (Fsp3) is 0. The topological polar surface area (TPSA) is 51.8 Å². The van der Waals surface area contributed by atoms with E-state index in [0.717, 1.165) is 54.6 Å². The van der Waals surface area contributed by atoms with E-state index in [0.29, 0.717) is 28.1 Å². The minimum Gasteiger partial charge on any atom is -0.456 e. The molecule has 0 aliphatic heterocycles. The molecule has 0 spiro atoms. The van der Waals surface area contributed by atoms with Gasteiger partial charge in [-0.2, -0.15) is 0 Å². The van der Waals surface area contributed by atoms with Gasteiger partial charge in [0.05, 0.1) is 5.02 Å². The van der Waals surface area contributed by atoms with Crippen molar-refractivity contribution >= 4 is 55.1 Å². The van der Waals surface area contributed by atoms with E-state index in [1.165, 1.54) is 0 Å². The van der Waals surface area contributed by atoms with Crippen molar-refractivity contribution < 1.29 is 4.42 Å². The highest BCUT2D eigenvalue weighted by molar-refractivity contribution is 6.38. The molecule has 0 saturated carbocycles. The third-order valence-electron chi connectivity index (χ3n) is 7.35. The Hall–Kier alpha value is -5.06. The molecule has 0 aliphatic carbocycles. The number of hydrogen-bond acceptors (Lipinski definition) is 4. The molecule has 0 amide bonds. The van der Waals surface area contributed by atoms with E-state index in [2.05, 4.69) is 48.5 Å². The summed E-state index contributed by atoms with van der Waals surface area (Å²) in [5.41, 5.74) is 4.12. The Morgan fingerprint density at radius 1 is 0.475 bits per heavy atom. The predicted molar refractivity (Wildman–Crippen MR) is 163 cm³/mol. The second kappa shape index (κ2) is 9.01. The fourth-order valence-corrected chi connectivity index (χ4v) is 5.74. The molecule has 0 fully saturated rings. The zero-order valence-electron chi connectivity index (χ0n) is 21.2. The second-order valence-electron chi connectivity index (χ2n) is 9.83. The number of furan rings is 1. The zero-order valence-corrected chi connectivity index (χ0v) is 21.9. The molecule has 8 rings (SSSR count). The maximum Gasteiger partial charge on any atom is 0.164 e. The molecule has 0 radical (unpaired) electrons. The van der Waals surface area contributed by atoms with Gasteiger partial charge in [-0.25, -0.2) is 15.0 Å². The Labute approximate surface area is 234 Å². The van der Waals surface area contributed by atoms with E-state index < -0.39 is 0 Å². The van der Waals surface area contributed by atoms with Crippen LogP contribution < -0.4 is 0 Å². The van der Waals surface area contributed by atoms with Crippen molar-refractivity contribution in [3.63, 3.8) is 0 Å². The first kappa shape index (κ1) is 22.9. The van der Waals surface area contributed by atoms with E-state index in [1.807, 2.05) is 72.8 Å². The molecule has 2 heterocycles. The van der Waals surface area contributed by atoms with Gasteiger partial charge in [-0.05, 0) is 45.8 Å². The van der Waals surface area contributed by atoms with Gasteiger partial charge in [0.25, 0.3) is 0 Å². The van der Waals surface area contributed by atoms with Gasteiger partial charge in [-0.1, -0.05) is 109 Å². The predicted octanol–water partition coefficient (Wildman–Crippen LogP) is 9.73. The van der Waals surface area contributed by atoms with Crippen molar-refractivity contribution in [1.29, 1.82) is 0 Å². The number of aromatic nitrogens is 3. The molecule has 188 valence electrons. The number of rotatable bonds is 3. The minimum atomic E-state index is 0.534. The van der Waals surface area contributed by atoms with Gasteiger partial charge in [-0.3, -0.25) is 0 Å². The average Bonchev–Trinajstić information content (AvgIpc) is 3.37. The van der Waals surface area contributed by atoms with E-state index in [4.69, 9.17) is 31.0 Å². The van der Waals surface area contributed by atoms with Crippen molar-refractivity contribution in [3.05, 3.63) is 126 Å². The average molecular weight is 534 g/mol. The third kappa shape index (κ3) is 3.73. The summed E-state index contributed by atoms with van der Waals surface area (Å²) in [6.07, 6.45) is 0. The first-order valence-electron chi connectivity index (χ1n) is 13.1. The van der Waals surface area contributed by atoms with Crippen molar-refractivity contribution in [1.82, 2.24) is 15.0 Å². The van der Waals surface area contributed by atoms with E-state index >= 15 is 0 Å². The summed E-state index contributed by atoms with van der Waals surface area (Å²) in [6.45, 7) is 0. The summed E-state index contributed by atoms with van der Waals surface area (Å²) in [7, 11) is 0. The number of benzene rings is 6. The van der Waals surface area contributed by atoms with Gasteiger partial charge >= 0.3 is 0 Å². The number of nitrogens with zero attached hydrogens (tertiary/aromatic N) is 3. The molecule has 40 heavy (non-hydrogen) atoms. The maximum absolute atomic E-state index is 6.94. The Balaban J connectivity index is 1.37.